The summed E-state index contributed by atoms with van der Waals surface area (Å²) in [7, 11) is 2.14. The molecule has 0 aliphatic carbocycles. The molecule has 0 atom stereocenters. The van der Waals surface area contributed by atoms with Gasteiger partial charge in [0.1, 0.15) is 0 Å². The molecule has 16 heteroatoms. The van der Waals surface area contributed by atoms with Crippen molar-refractivity contribution in [1.82, 2.24) is 24.8 Å². The van der Waals surface area contributed by atoms with Crippen LogP contribution in [0.5, 0.6) is 0 Å². The summed E-state index contributed by atoms with van der Waals surface area (Å²) in [6, 6.07) is 35.1. The maximum Gasteiger partial charge on any atom is 0.255 e. The number of piperazine rings is 1. The number of benzene rings is 4. The first kappa shape index (κ1) is 46.6. The van der Waals surface area contributed by atoms with Gasteiger partial charge in [-0.15, -0.1) is 22.7 Å². The molecular weight excluding hydrogens is 903 g/mol. The second-order valence-corrected chi connectivity index (χ2v) is 18.5. The molecule has 0 spiro atoms. The van der Waals surface area contributed by atoms with Crippen LogP contribution in [0.1, 0.15) is 31.8 Å². The van der Waals surface area contributed by atoms with Crippen molar-refractivity contribution in [2.75, 3.05) is 90.6 Å². The summed E-state index contributed by atoms with van der Waals surface area (Å²) < 4.78 is 5.43. The van der Waals surface area contributed by atoms with Crippen LogP contribution in [0.15, 0.2) is 145 Å². The molecule has 14 nitrogen and oxygen atoms in total. The molecule has 2 amide bonds. The smallest absolute Gasteiger partial charge is 0.255 e. The summed E-state index contributed by atoms with van der Waals surface area (Å²) >= 11 is 3.06. The maximum atomic E-state index is 13.0. The first-order valence-electron chi connectivity index (χ1n) is 22.8. The van der Waals surface area contributed by atoms with Gasteiger partial charge in [-0.2, -0.15) is 0 Å². The lowest BCUT2D eigenvalue weighted by atomic mass is 10.1. The molecule has 2 fully saturated rings. The van der Waals surface area contributed by atoms with E-state index >= 15 is 0 Å². The van der Waals surface area contributed by atoms with Gasteiger partial charge in [0.2, 0.25) is 0 Å². The number of ether oxygens (including phenoxy) is 1. The number of amides is 2. The quantitative estimate of drug-likeness (QED) is 0.0922. The molecule has 4 aromatic heterocycles. The van der Waals surface area contributed by atoms with Gasteiger partial charge in [0.25, 0.3) is 11.8 Å². The van der Waals surface area contributed by atoms with Crippen molar-refractivity contribution in [3.63, 3.8) is 0 Å². The van der Waals surface area contributed by atoms with Crippen molar-refractivity contribution in [3.05, 3.63) is 167 Å². The fraction of sp³-hybridized carbons (Fsp3) is 0.208. The Balaban J connectivity index is 0.000000172. The van der Waals surface area contributed by atoms with Crippen LogP contribution in [0, 0.1) is 13.8 Å². The second kappa shape index (κ2) is 22.1. The molecule has 4 aromatic carbocycles. The van der Waals surface area contributed by atoms with Crippen molar-refractivity contribution in [2.45, 2.75) is 13.8 Å². The molecule has 2 aliphatic rings. The predicted octanol–water partition coefficient (Wildman–Crippen LogP) is 10.6. The first-order valence-corrected chi connectivity index (χ1v) is 24.5. The Bertz CT molecular complexity index is 3010. The zero-order chi connectivity index (χ0) is 47.5. The number of carbonyl (C=O) groups is 2. The molecule has 350 valence electrons. The van der Waals surface area contributed by atoms with Crippen molar-refractivity contribution in [2.24, 2.45) is 0 Å². The number of rotatable bonds is 12. The Hall–Kier alpha value is -7.50. The fourth-order valence-electron chi connectivity index (χ4n) is 7.84. The van der Waals surface area contributed by atoms with Gasteiger partial charge in [0, 0.05) is 131 Å². The molecule has 0 bridgehead atoms. The normalized spacial score (nSPS) is 13.8. The highest BCUT2D eigenvalue weighted by molar-refractivity contribution is 7.14. The fourth-order valence-corrected chi connectivity index (χ4v) is 9.30. The average Bonchev–Trinajstić information content (AvgIpc) is 4.08. The third-order valence-electron chi connectivity index (χ3n) is 11.9. The highest BCUT2D eigenvalue weighted by Crippen LogP contribution is 2.32. The van der Waals surface area contributed by atoms with E-state index in [1.807, 2.05) is 128 Å². The van der Waals surface area contributed by atoms with E-state index in [0.717, 1.165) is 117 Å². The Kier molecular flexibility index (Phi) is 14.9. The number of hydrogen-bond acceptors (Lipinski definition) is 14. The lowest BCUT2D eigenvalue weighted by Gasteiger charge is -2.34. The maximum absolute atomic E-state index is 13.0. The molecule has 8 aromatic rings. The van der Waals surface area contributed by atoms with Crippen LogP contribution in [0.4, 0.5) is 44.4 Å². The number of aryl methyl sites for hydroxylation is 2. The molecule has 69 heavy (non-hydrogen) atoms. The highest BCUT2D eigenvalue weighted by atomic mass is 32.1. The number of carbonyl (C=O) groups excluding carboxylic acids is 2. The zero-order valence-corrected chi connectivity index (χ0v) is 40.3. The van der Waals surface area contributed by atoms with Crippen molar-refractivity contribution >= 4 is 78.9 Å². The topological polar surface area (TPSA) is 153 Å². The molecular formula is C53H53N11O3S2. The van der Waals surface area contributed by atoms with E-state index < -0.39 is 0 Å². The summed E-state index contributed by atoms with van der Waals surface area (Å²) in [5.74, 6) is -0.262. The Morgan fingerprint density at radius 1 is 0.565 bits per heavy atom. The van der Waals surface area contributed by atoms with E-state index in [1.165, 1.54) is 22.7 Å². The van der Waals surface area contributed by atoms with Crippen LogP contribution in [-0.2, 0) is 4.74 Å². The van der Waals surface area contributed by atoms with E-state index in [1.54, 1.807) is 24.8 Å². The number of anilines is 8. The number of hydrogen-bond donors (Lipinski definition) is 4. The van der Waals surface area contributed by atoms with Gasteiger partial charge in [-0.1, -0.05) is 24.3 Å². The minimum atomic E-state index is -0.141. The van der Waals surface area contributed by atoms with E-state index in [-0.39, 0.29) is 11.8 Å². The zero-order valence-electron chi connectivity index (χ0n) is 38.7. The van der Waals surface area contributed by atoms with E-state index in [2.05, 4.69) is 69.0 Å². The summed E-state index contributed by atoms with van der Waals surface area (Å²) in [5, 5.41) is 18.4. The Labute approximate surface area is 410 Å². The highest BCUT2D eigenvalue weighted by Gasteiger charge is 2.18. The molecule has 2 aliphatic heterocycles. The Morgan fingerprint density at radius 2 is 1.04 bits per heavy atom. The number of nitrogens with one attached hydrogen (secondary N) is 4. The van der Waals surface area contributed by atoms with Crippen LogP contribution >= 0.6 is 22.7 Å². The van der Waals surface area contributed by atoms with Gasteiger partial charge in [0.05, 0.1) is 24.6 Å². The van der Waals surface area contributed by atoms with Crippen LogP contribution < -0.4 is 31.1 Å². The predicted molar refractivity (Wildman–Crippen MR) is 281 cm³/mol. The average molecular weight is 956 g/mol. The SMILES string of the molecule is Cc1ccc(NC(=O)c2cccc(N3CCN(C)CC3)c2)cc1Nc1nc(-c2cccnc2)cs1.Cc1ccc(NC(=O)c2cccc(N3CCOCC3)c2)cc1Nc1nc(-c2cccnc2)cs1. The van der Waals surface area contributed by atoms with Crippen LogP contribution in [-0.4, -0.2) is 96.2 Å². The monoisotopic (exact) mass is 955 g/mol. The van der Waals surface area contributed by atoms with Crippen LogP contribution in [0.25, 0.3) is 22.5 Å². The van der Waals surface area contributed by atoms with Crippen LogP contribution in [0.2, 0.25) is 0 Å². The number of morpholine rings is 1. The van der Waals surface area contributed by atoms with Crippen LogP contribution in [0.3, 0.4) is 0 Å². The number of nitrogens with zero attached hydrogens (tertiary/aromatic N) is 7. The van der Waals surface area contributed by atoms with Gasteiger partial charge in [-0.05, 0) is 117 Å². The Morgan fingerprint density at radius 3 is 1.51 bits per heavy atom. The largest absolute Gasteiger partial charge is 0.378 e. The number of thiazole rings is 2. The number of aromatic nitrogens is 4. The standard InChI is InChI=1S/C27H28N6OS.C26H25N5O2S/c1-19-8-9-22(16-24(19)30-27-31-25(18-35-27)21-6-4-10-28-17-21)29-26(34)20-5-3-7-23(15-20)33-13-11-32(2)12-14-33;1-18-7-8-21(15-23(18)29-26-30-24(17-34-26)20-5-3-9-27-16-20)28-25(32)19-4-2-6-22(14-19)31-10-12-33-13-11-31/h3-10,15-18H,11-14H2,1-2H3,(H,29,34)(H,30,31);2-9,14-17H,10-13H2,1H3,(H,28,32)(H,29,30). The number of likely N-dealkylation sites (N-methyl/N-ethyl adjacent to an activating group) is 1. The van der Waals surface area contributed by atoms with Gasteiger partial charge in [0.15, 0.2) is 10.3 Å². The number of pyridine rings is 2. The molecule has 6 heterocycles. The van der Waals surface area contributed by atoms with Gasteiger partial charge >= 0.3 is 0 Å². The lowest BCUT2D eigenvalue weighted by Crippen LogP contribution is -2.44. The summed E-state index contributed by atoms with van der Waals surface area (Å²) in [5.41, 5.74) is 12.5. The lowest BCUT2D eigenvalue weighted by molar-refractivity contribution is 0.101. The van der Waals surface area contributed by atoms with Gasteiger partial charge in [-0.25, -0.2) is 9.97 Å². The first-order chi connectivity index (χ1) is 33.7. The van der Waals surface area contributed by atoms with Gasteiger partial charge in [-0.3, -0.25) is 19.6 Å². The molecule has 4 N–H and O–H groups in total. The minimum Gasteiger partial charge on any atom is -0.378 e. The molecule has 2 saturated heterocycles. The van der Waals surface area contributed by atoms with Crippen molar-refractivity contribution in [1.29, 1.82) is 0 Å². The third kappa shape index (κ3) is 12.2. The third-order valence-corrected chi connectivity index (χ3v) is 13.4. The summed E-state index contributed by atoms with van der Waals surface area (Å²) in [4.78, 5) is 50.6. The van der Waals surface area contributed by atoms with Crippen molar-refractivity contribution in [3.8, 4) is 22.5 Å². The van der Waals surface area contributed by atoms with E-state index in [0.29, 0.717) is 24.3 Å². The summed E-state index contributed by atoms with van der Waals surface area (Å²) in [6.45, 7) is 11.1. The minimum absolute atomic E-state index is 0.121. The molecule has 0 radical (unpaired) electrons. The van der Waals surface area contributed by atoms with E-state index in [4.69, 9.17) is 4.74 Å². The second-order valence-electron chi connectivity index (χ2n) is 16.8. The summed E-state index contributed by atoms with van der Waals surface area (Å²) in [6.07, 6.45) is 7.10. The van der Waals surface area contributed by atoms with E-state index in [9.17, 15) is 9.59 Å². The molecule has 10 rings (SSSR count). The molecule has 0 unspecified atom stereocenters. The van der Waals surface area contributed by atoms with Gasteiger partial charge < -0.3 is 40.7 Å². The molecule has 0 saturated carbocycles. The van der Waals surface area contributed by atoms with Crippen molar-refractivity contribution < 1.29 is 14.3 Å².